The number of benzene rings is 1. The van der Waals surface area contributed by atoms with Gasteiger partial charge in [-0.15, -0.1) is 11.3 Å². The lowest BCUT2D eigenvalue weighted by molar-refractivity contribution is 0.0531. The van der Waals surface area contributed by atoms with Gasteiger partial charge in [0.1, 0.15) is 21.9 Å². The van der Waals surface area contributed by atoms with Crippen LogP contribution >= 0.6 is 11.3 Å². The molecule has 148 valence electrons. The number of anilines is 1. The number of rotatable bonds is 6. The van der Waals surface area contributed by atoms with Gasteiger partial charge in [0.05, 0.1) is 18.0 Å². The van der Waals surface area contributed by atoms with E-state index in [1.54, 1.807) is 6.92 Å². The van der Waals surface area contributed by atoms with Crippen LogP contribution in [0.5, 0.6) is 0 Å². The van der Waals surface area contributed by atoms with Crippen molar-refractivity contribution in [3.63, 3.8) is 0 Å². The Morgan fingerprint density at radius 2 is 2.07 bits per heavy atom. The number of ether oxygens (including phenoxy) is 1. The molecule has 3 heterocycles. The standard InChI is InChI=1S/C20H19N5O3S/c1-4-27-20(26)15-11(2)14-17(21-10-22-19(14)29-15)23-12(3)16-24-18(28-25-16)13-8-6-5-7-9-13/h5-10,12H,4H2,1-3H3,(H,21,22,23). The van der Waals surface area contributed by atoms with Gasteiger partial charge in [0.25, 0.3) is 5.89 Å². The van der Waals surface area contributed by atoms with Gasteiger partial charge in [0.15, 0.2) is 5.82 Å². The summed E-state index contributed by atoms with van der Waals surface area (Å²) in [7, 11) is 0. The third-order valence-corrected chi connectivity index (χ3v) is 5.57. The van der Waals surface area contributed by atoms with Crippen molar-refractivity contribution in [1.82, 2.24) is 20.1 Å². The van der Waals surface area contributed by atoms with Gasteiger partial charge in [0.2, 0.25) is 0 Å². The van der Waals surface area contributed by atoms with Crippen LogP contribution in [0.1, 0.15) is 40.9 Å². The Morgan fingerprint density at radius 1 is 1.28 bits per heavy atom. The van der Waals surface area contributed by atoms with Crippen LogP contribution in [0.2, 0.25) is 0 Å². The van der Waals surface area contributed by atoms with Gasteiger partial charge in [0, 0.05) is 5.56 Å². The highest BCUT2D eigenvalue weighted by Gasteiger charge is 2.22. The summed E-state index contributed by atoms with van der Waals surface area (Å²) in [6.07, 6.45) is 1.47. The van der Waals surface area contributed by atoms with Crippen LogP contribution in [0.15, 0.2) is 41.2 Å². The normalized spacial score (nSPS) is 12.1. The van der Waals surface area contributed by atoms with E-state index in [-0.39, 0.29) is 12.0 Å². The largest absolute Gasteiger partial charge is 0.462 e. The van der Waals surface area contributed by atoms with Crippen LogP contribution in [-0.4, -0.2) is 32.7 Å². The molecule has 0 saturated heterocycles. The first-order valence-electron chi connectivity index (χ1n) is 9.15. The van der Waals surface area contributed by atoms with Crippen LogP contribution < -0.4 is 5.32 Å². The first kappa shape index (κ1) is 19.0. The van der Waals surface area contributed by atoms with E-state index in [0.29, 0.717) is 33.8 Å². The fraction of sp³-hybridized carbons (Fsp3) is 0.250. The molecule has 0 aliphatic carbocycles. The molecule has 1 N–H and O–H groups in total. The number of carbonyl (C=O) groups excluding carboxylic acids is 1. The van der Waals surface area contributed by atoms with E-state index in [9.17, 15) is 4.79 Å². The van der Waals surface area contributed by atoms with Gasteiger partial charge in [-0.25, -0.2) is 14.8 Å². The third kappa shape index (κ3) is 3.68. The molecule has 0 radical (unpaired) electrons. The predicted molar refractivity (Wildman–Crippen MR) is 110 cm³/mol. The topological polar surface area (TPSA) is 103 Å². The molecule has 0 saturated carbocycles. The third-order valence-electron chi connectivity index (χ3n) is 4.39. The highest BCUT2D eigenvalue weighted by Crippen LogP contribution is 2.35. The van der Waals surface area contributed by atoms with Crippen molar-refractivity contribution in [1.29, 1.82) is 0 Å². The van der Waals surface area contributed by atoms with Crippen LogP contribution in [0.25, 0.3) is 21.7 Å². The lowest BCUT2D eigenvalue weighted by Crippen LogP contribution is -2.10. The molecule has 1 atom stereocenters. The van der Waals surface area contributed by atoms with Gasteiger partial charge in [-0.3, -0.25) is 0 Å². The fourth-order valence-electron chi connectivity index (χ4n) is 2.95. The van der Waals surface area contributed by atoms with Crippen molar-refractivity contribution < 1.29 is 14.1 Å². The molecule has 1 unspecified atom stereocenters. The molecule has 0 aliphatic rings. The molecule has 0 bridgehead atoms. The number of aryl methyl sites for hydroxylation is 1. The monoisotopic (exact) mass is 409 g/mol. The average Bonchev–Trinajstić information content (AvgIpc) is 3.35. The smallest absolute Gasteiger partial charge is 0.348 e. The van der Waals surface area contributed by atoms with Crippen LogP contribution in [0.3, 0.4) is 0 Å². The van der Waals surface area contributed by atoms with Crippen molar-refractivity contribution in [3.8, 4) is 11.5 Å². The predicted octanol–water partition coefficient (Wildman–Crippen LogP) is 4.40. The first-order valence-corrected chi connectivity index (χ1v) is 9.97. The van der Waals surface area contributed by atoms with Crippen molar-refractivity contribution in [3.05, 3.63) is 52.9 Å². The van der Waals surface area contributed by atoms with E-state index >= 15 is 0 Å². The molecule has 1 aromatic carbocycles. The summed E-state index contributed by atoms with van der Waals surface area (Å²) in [5.41, 5.74) is 1.65. The zero-order valence-corrected chi connectivity index (χ0v) is 17.0. The molecule has 9 heteroatoms. The van der Waals surface area contributed by atoms with E-state index in [1.165, 1.54) is 17.7 Å². The SMILES string of the molecule is CCOC(=O)c1sc2ncnc(NC(C)c3noc(-c4ccccc4)n3)c2c1C. The number of nitrogens with zero attached hydrogens (tertiary/aromatic N) is 4. The lowest BCUT2D eigenvalue weighted by atomic mass is 10.2. The summed E-state index contributed by atoms with van der Waals surface area (Å²) in [5, 5.41) is 8.19. The summed E-state index contributed by atoms with van der Waals surface area (Å²) in [6.45, 7) is 5.89. The van der Waals surface area contributed by atoms with Crippen LogP contribution in [0, 0.1) is 6.92 Å². The molecule has 8 nitrogen and oxygen atoms in total. The zero-order chi connectivity index (χ0) is 20.4. The van der Waals surface area contributed by atoms with Gasteiger partial charge in [-0.05, 0) is 38.5 Å². The molecular formula is C20H19N5O3S. The lowest BCUT2D eigenvalue weighted by Gasteiger charge is -2.11. The Bertz CT molecular complexity index is 1160. The minimum atomic E-state index is -0.349. The Hall–Kier alpha value is -3.33. The molecule has 3 aromatic heterocycles. The molecule has 0 fully saturated rings. The van der Waals surface area contributed by atoms with Gasteiger partial charge in [-0.1, -0.05) is 23.4 Å². The van der Waals surface area contributed by atoms with E-state index in [0.717, 1.165) is 16.5 Å². The van der Waals surface area contributed by atoms with Crippen LogP contribution in [0.4, 0.5) is 5.82 Å². The summed E-state index contributed by atoms with van der Waals surface area (Å²) < 4.78 is 10.5. The van der Waals surface area contributed by atoms with Gasteiger partial charge < -0.3 is 14.6 Å². The van der Waals surface area contributed by atoms with Crippen molar-refractivity contribution in [2.45, 2.75) is 26.8 Å². The summed E-state index contributed by atoms with van der Waals surface area (Å²) in [6, 6.07) is 9.32. The van der Waals surface area contributed by atoms with E-state index in [1.807, 2.05) is 44.2 Å². The number of aromatic nitrogens is 4. The second-order valence-electron chi connectivity index (χ2n) is 6.37. The van der Waals surface area contributed by atoms with E-state index < -0.39 is 0 Å². The number of esters is 1. The molecular weight excluding hydrogens is 390 g/mol. The number of nitrogens with one attached hydrogen (secondary N) is 1. The molecule has 4 aromatic rings. The number of hydrogen-bond donors (Lipinski definition) is 1. The van der Waals surface area contributed by atoms with Crippen molar-refractivity contribution in [2.75, 3.05) is 11.9 Å². The maximum absolute atomic E-state index is 12.2. The fourth-order valence-corrected chi connectivity index (χ4v) is 3.99. The number of carbonyl (C=O) groups is 1. The van der Waals surface area contributed by atoms with Crippen molar-refractivity contribution >= 4 is 33.3 Å². The summed E-state index contributed by atoms with van der Waals surface area (Å²) in [5.74, 6) is 1.23. The minimum Gasteiger partial charge on any atom is -0.462 e. The zero-order valence-electron chi connectivity index (χ0n) is 16.2. The summed E-state index contributed by atoms with van der Waals surface area (Å²) in [4.78, 5) is 26.6. The number of hydrogen-bond acceptors (Lipinski definition) is 9. The Balaban J connectivity index is 1.62. The Morgan fingerprint density at radius 3 is 2.83 bits per heavy atom. The second kappa shape index (κ2) is 7.96. The van der Waals surface area contributed by atoms with E-state index in [2.05, 4.69) is 25.4 Å². The van der Waals surface area contributed by atoms with Gasteiger partial charge in [-0.2, -0.15) is 4.98 Å². The van der Waals surface area contributed by atoms with Crippen molar-refractivity contribution in [2.24, 2.45) is 0 Å². The number of fused-ring (bicyclic) bond motifs is 1. The Kier molecular flexibility index (Phi) is 5.22. The Labute approximate surface area is 171 Å². The molecule has 4 rings (SSSR count). The second-order valence-corrected chi connectivity index (χ2v) is 7.37. The summed E-state index contributed by atoms with van der Waals surface area (Å²) >= 11 is 1.29. The first-order chi connectivity index (χ1) is 14.1. The highest BCUT2D eigenvalue weighted by atomic mass is 32.1. The molecule has 29 heavy (non-hydrogen) atoms. The quantitative estimate of drug-likeness (QED) is 0.467. The molecule has 0 aliphatic heterocycles. The average molecular weight is 409 g/mol. The van der Waals surface area contributed by atoms with Crippen LogP contribution in [-0.2, 0) is 4.74 Å². The van der Waals surface area contributed by atoms with Gasteiger partial charge >= 0.3 is 5.97 Å². The highest BCUT2D eigenvalue weighted by molar-refractivity contribution is 7.20. The maximum atomic E-state index is 12.2. The number of thiophene rings is 1. The minimum absolute atomic E-state index is 0.264. The van der Waals surface area contributed by atoms with E-state index in [4.69, 9.17) is 9.26 Å². The maximum Gasteiger partial charge on any atom is 0.348 e. The molecule has 0 spiro atoms. The molecule has 0 amide bonds.